The first-order valence-electron chi connectivity index (χ1n) is 4.90. The Morgan fingerprint density at radius 2 is 2.12 bits per heavy atom. The molecule has 0 bridgehead atoms. The second-order valence-corrected chi connectivity index (χ2v) is 3.23. The third kappa shape index (κ3) is 3.48. The molecule has 0 radical (unpaired) electrons. The second kappa shape index (κ2) is 6.27. The van der Waals surface area contributed by atoms with Crippen LogP contribution < -0.4 is 4.74 Å². The van der Waals surface area contributed by atoms with E-state index in [4.69, 9.17) is 15.3 Å². The number of hydrogen-bond acceptors (Lipinski definition) is 3. The van der Waals surface area contributed by atoms with Crippen molar-refractivity contribution in [3.63, 3.8) is 0 Å². The van der Waals surface area contributed by atoms with Gasteiger partial charge in [0.15, 0.2) is 0 Å². The van der Waals surface area contributed by atoms with Gasteiger partial charge in [0, 0.05) is 0 Å². The van der Waals surface area contributed by atoms with E-state index in [-0.39, 0.29) is 0 Å². The lowest BCUT2D eigenvalue weighted by molar-refractivity contribution is 0.414. The number of nitriles is 2. The van der Waals surface area contributed by atoms with Gasteiger partial charge in [0.1, 0.15) is 11.7 Å². The van der Waals surface area contributed by atoms with Crippen LogP contribution >= 0.6 is 0 Å². The van der Waals surface area contributed by atoms with Crippen LogP contribution in [0, 0.1) is 28.6 Å². The molecule has 0 aliphatic heterocycles. The summed E-state index contributed by atoms with van der Waals surface area (Å²) in [6, 6.07) is 11.4. The largest absolute Gasteiger partial charge is 0.497 e. The van der Waals surface area contributed by atoms with E-state index in [1.807, 2.05) is 48.6 Å². The summed E-state index contributed by atoms with van der Waals surface area (Å²) >= 11 is 0. The molecule has 0 aliphatic rings. The zero-order valence-corrected chi connectivity index (χ0v) is 9.05. The first kappa shape index (κ1) is 11.8. The van der Waals surface area contributed by atoms with Crippen molar-refractivity contribution >= 4 is 6.08 Å². The maximum Gasteiger partial charge on any atom is 0.136 e. The molecule has 0 saturated carbocycles. The van der Waals surface area contributed by atoms with Gasteiger partial charge in [-0.15, -0.1) is 0 Å². The van der Waals surface area contributed by atoms with Crippen molar-refractivity contribution in [1.29, 1.82) is 10.5 Å². The molecule has 0 spiro atoms. The molecule has 0 amide bonds. The molecule has 0 aliphatic carbocycles. The minimum Gasteiger partial charge on any atom is -0.497 e. The van der Waals surface area contributed by atoms with E-state index in [1.165, 1.54) is 0 Å². The molecule has 1 aromatic rings. The minimum atomic E-state index is -0.568. The summed E-state index contributed by atoms with van der Waals surface area (Å²) in [6.07, 6.45) is 4.15. The first-order chi connectivity index (χ1) is 7.80. The zero-order chi connectivity index (χ0) is 11.8. The fourth-order valence-electron chi connectivity index (χ4n) is 1.22. The molecule has 1 aromatic carbocycles. The molecule has 0 aromatic heterocycles. The summed E-state index contributed by atoms with van der Waals surface area (Å²) in [5, 5.41) is 17.2. The van der Waals surface area contributed by atoms with Crippen LogP contribution in [-0.4, -0.2) is 7.11 Å². The molecule has 1 rings (SSSR count). The molecule has 3 nitrogen and oxygen atoms in total. The lowest BCUT2D eigenvalue weighted by atomic mass is 10.1. The van der Waals surface area contributed by atoms with Crippen molar-refractivity contribution in [2.45, 2.75) is 6.42 Å². The normalized spacial score (nSPS) is 10.0. The Labute approximate surface area is 95.2 Å². The summed E-state index contributed by atoms with van der Waals surface area (Å²) in [5.41, 5.74) is 0.994. The van der Waals surface area contributed by atoms with Crippen LogP contribution in [0.2, 0.25) is 0 Å². The molecule has 0 heterocycles. The van der Waals surface area contributed by atoms with Gasteiger partial charge in [-0.1, -0.05) is 24.3 Å². The fourth-order valence-corrected chi connectivity index (χ4v) is 1.22. The lowest BCUT2D eigenvalue weighted by Crippen LogP contribution is -1.88. The van der Waals surface area contributed by atoms with E-state index in [0.29, 0.717) is 6.42 Å². The van der Waals surface area contributed by atoms with Gasteiger partial charge in [0.05, 0.1) is 19.2 Å². The fraction of sp³-hybridized carbons (Fsp3) is 0.231. The number of allylic oxidation sites excluding steroid dienone is 1. The first-order valence-corrected chi connectivity index (χ1v) is 4.90. The third-order valence-electron chi connectivity index (χ3n) is 2.09. The van der Waals surface area contributed by atoms with Crippen molar-refractivity contribution in [1.82, 2.24) is 0 Å². The van der Waals surface area contributed by atoms with Gasteiger partial charge < -0.3 is 4.74 Å². The molecular formula is C13H12N2O. The highest BCUT2D eigenvalue weighted by atomic mass is 16.5. The molecule has 0 fully saturated rings. The summed E-state index contributed by atoms with van der Waals surface area (Å²) in [7, 11) is 1.62. The number of ether oxygens (including phenoxy) is 1. The van der Waals surface area contributed by atoms with Gasteiger partial charge in [-0.25, -0.2) is 0 Å². The molecule has 0 N–H and O–H groups in total. The smallest absolute Gasteiger partial charge is 0.136 e. The van der Waals surface area contributed by atoms with E-state index in [1.54, 1.807) is 7.11 Å². The number of rotatable bonds is 4. The van der Waals surface area contributed by atoms with E-state index < -0.39 is 5.92 Å². The van der Waals surface area contributed by atoms with E-state index in [0.717, 1.165) is 11.3 Å². The highest BCUT2D eigenvalue weighted by Crippen LogP contribution is 2.14. The Morgan fingerprint density at radius 3 is 2.75 bits per heavy atom. The molecule has 80 valence electrons. The Hall–Kier alpha value is -2.26. The average Bonchev–Trinajstić information content (AvgIpc) is 2.35. The topological polar surface area (TPSA) is 56.8 Å². The highest BCUT2D eigenvalue weighted by molar-refractivity contribution is 5.51. The maximum absolute atomic E-state index is 8.58. The number of hydrogen-bond donors (Lipinski definition) is 0. The van der Waals surface area contributed by atoms with Crippen LogP contribution in [0.1, 0.15) is 12.0 Å². The van der Waals surface area contributed by atoms with Crippen LogP contribution in [0.5, 0.6) is 5.75 Å². The van der Waals surface area contributed by atoms with Crippen molar-refractivity contribution < 1.29 is 4.74 Å². The van der Waals surface area contributed by atoms with Crippen molar-refractivity contribution in [3.05, 3.63) is 35.9 Å². The SMILES string of the molecule is COc1cccc(/C=C/CC(C#N)C#N)c1. The number of nitrogens with zero attached hydrogens (tertiary/aromatic N) is 2. The van der Waals surface area contributed by atoms with Crippen molar-refractivity contribution in [3.8, 4) is 17.9 Å². The van der Waals surface area contributed by atoms with Gasteiger partial charge in [0.25, 0.3) is 0 Å². The number of methoxy groups -OCH3 is 1. The van der Waals surface area contributed by atoms with Crippen molar-refractivity contribution in [2.24, 2.45) is 5.92 Å². The average molecular weight is 212 g/mol. The molecular weight excluding hydrogens is 200 g/mol. The summed E-state index contributed by atoms with van der Waals surface area (Å²) in [5.74, 6) is 0.223. The van der Waals surface area contributed by atoms with E-state index >= 15 is 0 Å². The van der Waals surface area contributed by atoms with Crippen LogP contribution in [0.4, 0.5) is 0 Å². The Morgan fingerprint density at radius 1 is 1.38 bits per heavy atom. The van der Waals surface area contributed by atoms with Gasteiger partial charge in [-0.05, 0) is 24.1 Å². The Balaban J connectivity index is 2.63. The molecule has 0 atom stereocenters. The van der Waals surface area contributed by atoms with Crippen molar-refractivity contribution in [2.75, 3.05) is 7.11 Å². The predicted octanol–water partition coefficient (Wildman–Crippen LogP) is 2.76. The Bertz CT molecular complexity index is 438. The van der Waals surface area contributed by atoms with Crippen LogP contribution in [0.3, 0.4) is 0 Å². The van der Waals surface area contributed by atoms with E-state index in [2.05, 4.69) is 0 Å². The Kier molecular flexibility index (Phi) is 4.63. The van der Waals surface area contributed by atoms with Crippen LogP contribution in [0.15, 0.2) is 30.3 Å². The number of benzene rings is 1. The summed E-state index contributed by atoms with van der Waals surface area (Å²) in [6.45, 7) is 0. The third-order valence-corrected chi connectivity index (χ3v) is 2.09. The predicted molar refractivity (Wildman–Crippen MR) is 61.4 cm³/mol. The molecule has 0 unspecified atom stereocenters. The zero-order valence-electron chi connectivity index (χ0n) is 9.05. The van der Waals surface area contributed by atoms with Crippen LogP contribution in [-0.2, 0) is 0 Å². The highest BCUT2D eigenvalue weighted by Gasteiger charge is 2.00. The molecule has 16 heavy (non-hydrogen) atoms. The maximum atomic E-state index is 8.58. The lowest BCUT2D eigenvalue weighted by Gasteiger charge is -1.99. The van der Waals surface area contributed by atoms with E-state index in [9.17, 15) is 0 Å². The van der Waals surface area contributed by atoms with Gasteiger partial charge in [-0.3, -0.25) is 0 Å². The van der Waals surface area contributed by atoms with Gasteiger partial charge in [0.2, 0.25) is 0 Å². The molecule has 3 heteroatoms. The summed E-state index contributed by atoms with van der Waals surface area (Å²) in [4.78, 5) is 0. The second-order valence-electron chi connectivity index (χ2n) is 3.23. The summed E-state index contributed by atoms with van der Waals surface area (Å²) < 4.78 is 5.09. The van der Waals surface area contributed by atoms with Crippen LogP contribution in [0.25, 0.3) is 6.08 Å². The van der Waals surface area contributed by atoms with Gasteiger partial charge >= 0.3 is 0 Å². The monoisotopic (exact) mass is 212 g/mol. The standard InChI is InChI=1S/C13H12N2O/c1-16-13-7-3-5-11(8-13)4-2-6-12(9-14)10-15/h2-5,7-8,12H,6H2,1H3/b4-2+. The van der Waals surface area contributed by atoms with Gasteiger partial charge in [-0.2, -0.15) is 10.5 Å². The minimum absolute atomic E-state index is 0.449. The quantitative estimate of drug-likeness (QED) is 0.771. The molecule has 0 saturated heterocycles.